The Morgan fingerprint density at radius 3 is 2.41 bits per heavy atom. The quantitative estimate of drug-likeness (QED) is 0.804. The Labute approximate surface area is 126 Å². The van der Waals surface area contributed by atoms with Gasteiger partial charge in [0.1, 0.15) is 11.8 Å². The van der Waals surface area contributed by atoms with Crippen molar-refractivity contribution >= 4 is 11.6 Å². The molecule has 0 saturated heterocycles. The molecule has 1 aromatic carbocycles. The van der Waals surface area contributed by atoms with Gasteiger partial charge in [0.05, 0.1) is 16.3 Å². The largest absolute Gasteiger partial charge is 0.431 e. The minimum Gasteiger partial charge on any atom is -0.292 e. The van der Waals surface area contributed by atoms with Crippen LogP contribution in [0.15, 0.2) is 33.9 Å². The van der Waals surface area contributed by atoms with Crippen molar-refractivity contribution in [2.45, 2.75) is 6.18 Å². The maximum absolute atomic E-state index is 12.7. The maximum atomic E-state index is 12.7. The van der Waals surface area contributed by atoms with Gasteiger partial charge in [-0.3, -0.25) is 9.36 Å². The monoisotopic (exact) mass is 329 g/mol. The van der Waals surface area contributed by atoms with Gasteiger partial charge in [-0.15, -0.1) is 0 Å². The molecule has 0 bridgehead atoms. The van der Waals surface area contributed by atoms with Gasteiger partial charge in [0, 0.05) is 13.1 Å². The predicted octanol–water partition coefficient (Wildman–Crippen LogP) is 2.08. The van der Waals surface area contributed by atoms with E-state index in [1.165, 1.54) is 12.1 Å². The van der Waals surface area contributed by atoms with Gasteiger partial charge in [0.2, 0.25) is 0 Å². The second-order valence-corrected chi connectivity index (χ2v) is 4.73. The second-order valence-electron chi connectivity index (χ2n) is 4.32. The Kier molecular flexibility index (Phi) is 3.85. The van der Waals surface area contributed by atoms with Crippen LogP contribution in [0.2, 0.25) is 5.02 Å². The van der Waals surface area contributed by atoms with E-state index in [1.807, 2.05) is 0 Å². The minimum atomic E-state index is -4.83. The summed E-state index contributed by atoms with van der Waals surface area (Å²) in [6, 6.07) is 5.77. The van der Waals surface area contributed by atoms with Crippen molar-refractivity contribution < 1.29 is 13.2 Å². The molecule has 0 aliphatic carbocycles. The van der Waals surface area contributed by atoms with Crippen molar-refractivity contribution in [3.05, 3.63) is 61.4 Å². The zero-order chi connectivity index (χ0) is 16.7. The van der Waals surface area contributed by atoms with Crippen molar-refractivity contribution in [1.82, 2.24) is 9.13 Å². The van der Waals surface area contributed by atoms with Crippen LogP contribution in [-0.2, 0) is 13.2 Å². The molecule has 0 saturated carbocycles. The van der Waals surface area contributed by atoms with Crippen LogP contribution >= 0.6 is 11.6 Å². The Morgan fingerprint density at radius 1 is 1.23 bits per heavy atom. The average molecular weight is 330 g/mol. The Morgan fingerprint density at radius 2 is 1.86 bits per heavy atom. The highest BCUT2D eigenvalue weighted by Crippen LogP contribution is 2.27. The molecule has 0 radical (unpaired) electrons. The molecule has 1 aromatic heterocycles. The first-order valence-electron chi connectivity index (χ1n) is 5.77. The van der Waals surface area contributed by atoms with E-state index >= 15 is 0 Å². The summed E-state index contributed by atoms with van der Waals surface area (Å²) in [5.41, 5.74) is -3.73. The number of rotatable bonds is 1. The molecule has 9 heteroatoms. The summed E-state index contributed by atoms with van der Waals surface area (Å²) in [6.07, 6.45) is -4.83. The van der Waals surface area contributed by atoms with Gasteiger partial charge in [0.25, 0.3) is 5.56 Å². The highest BCUT2D eigenvalue weighted by molar-refractivity contribution is 6.31. The molecule has 0 unspecified atom stereocenters. The summed E-state index contributed by atoms with van der Waals surface area (Å²) in [5.74, 6) is 0. The number of alkyl halides is 3. The molecule has 0 N–H and O–H groups in total. The molecule has 0 amide bonds. The van der Waals surface area contributed by atoms with Crippen molar-refractivity contribution in [2.24, 2.45) is 7.05 Å². The lowest BCUT2D eigenvalue weighted by atomic mass is 10.2. The lowest BCUT2D eigenvalue weighted by Gasteiger charge is -2.14. The fraction of sp³-hybridized carbons (Fsp3) is 0.154. The first kappa shape index (κ1) is 15.9. The Bertz CT molecular complexity index is 907. The highest BCUT2D eigenvalue weighted by Gasteiger charge is 2.35. The van der Waals surface area contributed by atoms with Crippen LogP contribution in [0.4, 0.5) is 13.2 Å². The van der Waals surface area contributed by atoms with Gasteiger partial charge in [0.15, 0.2) is 0 Å². The molecule has 0 aliphatic heterocycles. The molecular weight excluding hydrogens is 323 g/mol. The molecule has 2 rings (SSSR count). The number of hydrogen-bond donors (Lipinski definition) is 0. The number of nitrogens with zero attached hydrogens (tertiary/aromatic N) is 3. The molecule has 0 aliphatic rings. The van der Waals surface area contributed by atoms with Crippen LogP contribution in [0.3, 0.4) is 0 Å². The van der Waals surface area contributed by atoms with Crippen LogP contribution in [0.1, 0.15) is 11.3 Å². The molecule has 5 nitrogen and oxygen atoms in total. The van der Waals surface area contributed by atoms with Gasteiger partial charge in [-0.1, -0.05) is 11.6 Å². The number of hydrogen-bond acceptors (Lipinski definition) is 3. The van der Waals surface area contributed by atoms with Crippen LogP contribution in [-0.4, -0.2) is 9.13 Å². The first-order chi connectivity index (χ1) is 10.2. The van der Waals surface area contributed by atoms with Crippen LogP contribution in [0, 0.1) is 11.3 Å². The van der Waals surface area contributed by atoms with Crippen LogP contribution < -0.4 is 11.2 Å². The van der Waals surface area contributed by atoms with Crippen molar-refractivity contribution in [2.75, 3.05) is 0 Å². The molecule has 2 aromatic rings. The zero-order valence-electron chi connectivity index (χ0n) is 11.0. The lowest BCUT2D eigenvalue weighted by Crippen LogP contribution is -2.40. The third-order valence-electron chi connectivity index (χ3n) is 2.94. The molecule has 0 spiro atoms. The van der Waals surface area contributed by atoms with Gasteiger partial charge in [-0.2, -0.15) is 18.4 Å². The zero-order valence-corrected chi connectivity index (χ0v) is 11.7. The Balaban J connectivity index is 2.80. The van der Waals surface area contributed by atoms with E-state index in [4.69, 9.17) is 16.9 Å². The lowest BCUT2D eigenvalue weighted by molar-refractivity contribution is -0.144. The normalized spacial score (nSPS) is 11.3. The van der Waals surface area contributed by atoms with Crippen molar-refractivity contribution in [3.63, 3.8) is 0 Å². The van der Waals surface area contributed by atoms with Crippen molar-refractivity contribution in [1.29, 1.82) is 5.26 Å². The van der Waals surface area contributed by atoms with E-state index in [0.29, 0.717) is 15.2 Å². The number of aromatic nitrogens is 2. The Hall–Kier alpha value is -2.53. The fourth-order valence-corrected chi connectivity index (χ4v) is 2.03. The third-order valence-corrected chi connectivity index (χ3v) is 3.27. The summed E-state index contributed by atoms with van der Waals surface area (Å²) in [7, 11) is 0.905. The fourth-order valence-electron chi connectivity index (χ4n) is 1.87. The molecule has 0 atom stereocenters. The van der Waals surface area contributed by atoms with Gasteiger partial charge in [-0.25, -0.2) is 9.36 Å². The first-order valence-corrected chi connectivity index (χ1v) is 6.15. The summed E-state index contributed by atoms with van der Waals surface area (Å²) >= 11 is 5.74. The summed E-state index contributed by atoms with van der Waals surface area (Å²) in [6.45, 7) is 0. The number of benzene rings is 1. The molecular formula is C13H7ClF3N3O2. The molecule has 114 valence electrons. The van der Waals surface area contributed by atoms with E-state index in [0.717, 1.165) is 13.1 Å². The summed E-state index contributed by atoms with van der Waals surface area (Å²) in [5, 5.41) is 8.98. The van der Waals surface area contributed by atoms with Gasteiger partial charge < -0.3 is 0 Å². The summed E-state index contributed by atoms with van der Waals surface area (Å²) in [4.78, 5) is 23.9. The maximum Gasteiger partial charge on any atom is 0.431 e. The smallest absolute Gasteiger partial charge is 0.292 e. The van der Waals surface area contributed by atoms with Crippen LogP contribution in [0.25, 0.3) is 5.69 Å². The highest BCUT2D eigenvalue weighted by atomic mass is 35.5. The van der Waals surface area contributed by atoms with E-state index < -0.39 is 23.1 Å². The van der Waals surface area contributed by atoms with Crippen molar-refractivity contribution in [3.8, 4) is 11.8 Å². The molecule has 22 heavy (non-hydrogen) atoms. The third kappa shape index (κ3) is 2.63. The van der Waals surface area contributed by atoms with Crippen LogP contribution in [0.5, 0.6) is 0 Å². The SMILES string of the molecule is Cn1c(C(F)(F)F)cc(=O)n(-c2ccc(Cl)c(C#N)c2)c1=O. The topological polar surface area (TPSA) is 67.8 Å². The summed E-state index contributed by atoms with van der Waals surface area (Å²) < 4.78 is 39.1. The molecule has 1 heterocycles. The van der Waals surface area contributed by atoms with E-state index in [1.54, 1.807) is 6.07 Å². The standard InChI is InChI=1S/C13H7ClF3N3O2/c1-19-10(13(15,16)17)5-11(21)20(12(19)22)8-2-3-9(14)7(4-8)6-18/h2-5H,1H3. The molecule has 0 fully saturated rings. The number of nitriles is 1. The predicted molar refractivity (Wildman–Crippen MR) is 72.0 cm³/mol. The number of halogens is 4. The van der Waals surface area contributed by atoms with E-state index in [9.17, 15) is 22.8 Å². The van der Waals surface area contributed by atoms with E-state index in [2.05, 4.69) is 0 Å². The van der Waals surface area contributed by atoms with E-state index in [-0.39, 0.29) is 16.3 Å². The minimum absolute atomic E-state index is 0.00647. The van der Waals surface area contributed by atoms with Gasteiger partial charge in [-0.05, 0) is 18.2 Å². The second kappa shape index (κ2) is 5.35. The van der Waals surface area contributed by atoms with Gasteiger partial charge >= 0.3 is 11.9 Å². The average Bonchev–Trinajstić information content (AvgIpc) is 2.43.